The molecule has 8 heteroatoms. The fourth-order valence-electron chi connectivity index (χ4n) is 2.34. The van der Waals surface area contributed by atoms with Crippen molar-refractivity contribution >= 4 is 29.1 Å². The van der Waals surface area contributed by atoms with E-state index >= 15 is 0 Å². The quantitative estimate of drug-likeness (QED) is 0.541. The Morgan fingerprint density at radius 2 is 1.93 bits per heavy atom. The molecular formula is C19H22N2O5S. The summed E-state index contributed by atoms with van der Waals surface area (Å²) >= 11 is 1.46. The molecule has 1 atom stereocenters. The average Bonchev–Trinajstić information content (AvgIpc) is 3.18. The Kier molecular flexibility index (Phi) is 7.81. The molecule has 0 fully saturated rings. The van der Waals surface area contributed by atoms with Gasteiger partial charge >= 0.3 is 5.97 Å². The molecule has 0 bridgehead atoms. The number of carbonyl (C=O) groups excluding carboxylic acids is 2. The Balaban J connectivity index is 1.68. The molecule has 7 nitrogen and oxygen atoms in total. The molecule has 0 aliphatic carbocycles. The molecule has 0 spiro atoms. The Hall–Kier alpha value is -2.87. The fourth-order valence-corrected chi connectivity index (χ4v) is 2.98. The number of rotatable bonds is 10. The molecule has 0 aliphatic heterocycles. The van der Waals surface area contributed by atoms with E-state index in [-0.39, 0.29) is 17.9 Å². The standard InChI is InChI=1S/C19H22N2O5S/c1-13(14-4-6-16(7-5-14)26-11-18(23)24)21-17(22)3-2-9-20-19(25)15-8-10-27-12-15/h4-8,10,12-13H,2-3,9,11H2,1H3,(H,20,25)(H,21,22)(H,23,24). The third-order valence-corrected chi connectivity index (χ3v) is 4.45. The summed E-state index contributed by atoms with van der Waals surface area (Å²) in [6.07, 6.45) is 0.866. The van der Waals surface area contributed by atoms with Gasteiger partial charge in [-0.1, -0.05) is 12.1 Å². The molecule has 0 aliphatic rings. The van der Waals surface area contributed by atoms with Gasteiger partial charge in [0.25, 0.3) is 5.91 Å². The van der Waals surface area contributed by atoms with Crippen LogP contribution in [0.4, 0.5) is 0 Å². The molecule has 0 saturated carbocycles. The average molecular weight is 390 g/mol. The van der Waals surface area contributed by atoms with Crippen molar-refractivity contribution in [2.45, 2.75) is 25.8 Å². The Bertz CT molecular complexity index is 759. The molecule has 1 unspecified atom stereocenters. The molecule has 1 aromatic heterocycles. The van der Waals surface area contributed by atoms with E-state index in [2.05, 4.69) is 10.6 Å². The molecule has 0 radical (unpaired) electrons. The molecule has 0 saturated heterocycles. The van der Waals surface area contributed by atoms with Gasteiger partial charge in [0.15, 0.2) is 6.61 Å². The summed E-state index contributed by atoms with van der Waals surface area (Å²) in [6, 6.07) is 8.46. The number of hydrogen-bond acceptors (Lipinski definition) is 5. The number of thiophene rings is 1. The minimum atomic E-state index is -1.04. The van der Waals surface area contributed by atoms with Gasteiger partial charge in [0, 0.05) is 23.9 Å². The number of nitrogens with one attached hydrogen (secondary N) is 2. The highest BCUT2D eigenvalue weighted by atomic mass is 32.1. The van der Waals surface area contributed by atoms with Crippen LogP contribution in [0.3, 0.4) is 0 Å². The lowest BCUT2D eigenvalue weighted by atomic mass is 10.1. The number of carbonyl (C=O) groups is 3. The first-order valence-electron chi connectivity index (χ1n) is 8.50. The van der Waals surface area contributed by atoms with Crippen LogP contribution in [-0.4, -0.2) is 36.0 Å². The minimum Gasteiger partial charge on any atom is -0.482 e. The van der Waals surface area contributed by atoms with Crippen LogP contribution in [0.1, 0.15) is 41.7 Å². The van der Waals surface area contributed by atoms with Gasteiger partial charge in [0.2, 0.25) is 5.91 Å². The lowest BCUT2D eigenvalue weighted by Crippen LogP contribution is -2.28. The number of aliphatic carboxylic acids is 1. The largest absolute Gasteiger partial charge is 0.482 e. The fraction of sp³-hybridized carbons (Fsp3) is 0.316. The zero-order chi connectivity index (χ0) is 19.6. The van der Waals surface area contributed by atoms with Crippen molar-refractivity contribution in [1.29, 1.82) is 0 Å². The third kappa shape index (κ3) is 7.10. The summed E-state index contributed by atoms with van der Waals surface area (Å²) in [5.74, 6) is -0.805. The van der Waals surface area contributed by atoms with Crippen LogP contribution in [0.2, 0.25) is 0 Å². The number of ether oxygens (including phenoxy) is 1. The van der Waals surface area contributed by atoms with Gasteiger partial charge in [-0.05, 0) is 42.5 Å². The van der Waals surface area contributed by atoms with Crippen LogP contribution < -0.4 is 15.4 Å². The van der Waals surface area contributed by atoms with Crippen LogP contribution in [0.15, 0.2) is 41.1 Å². The molecule has 2 amide bonds. The summed E-state index contributed by atoms with van der Waals surface area (Å²) < 4.78 is 5.07. The molecule has 2 rings (SSSR count). The van der Waals surface area contributed by atoms with Gasteiger partial charge < -0.3 is 20.5 Å². The van der Waals surface area contributed by atoms with Gasteiger partial charge in [-0.15, -0.1) is 0 Å². The van der Waals surface area contributed by atoms with Crippen molar-refractivity contribution in [2.75, 3.05) is 13.2 Å². The predicted octanol–water partition coefficient (Wildman–Crippen LogP) is 2.60. The van der Waals surface area contributed by atoms with E-state index in [1.54, 1.807) is 35.7 Å². The first-order valence-corrected chi connectivity index (χ1v) is 9.44. The number of amides is 2. The van der Waals surface area contributed by atoms with Crippen molar-refractivity contribution in [3.8, 4) is 5.75 Å². The zero-order valence-electron chi connectivity index (χ0n) is 14.9. The Morgan fingerprint density at radius 3 is 2.56 bits per heavy atom. The number of carboxylic acids is 1. The topological polar surface area (TPSA) is 105 Å². The molecule has 1 heterocycles. The Labute approximate surface area is 161 Å². The maximum atomic E-state index is 12.0. The van der Waals surface area contributed by atoms with E-state index in [0.29, 0.717) is 30.7 Å². The smallest absolute Gasteiger partial charge is 0.341 e. The van der Waals surface area contributed by atoms with Crippen LogP contribution in [0, 0.1) is 0 Å². The highest BCUT2D eigenvalue weighted by Gasteiger charge is 2.10. The van der Waals surface area contributed by atoms with Crippen LogP contribution in [0.5, 0.6) is 5.75 Å². The third-order valence-electron chi connectivity index (χ3n) is 3.77. The van der Waals surface area contributed by atoms with Gasteiger partial charge in [0.05, 0.1) is 6.04 Å². The van der Waals surface area contributed by atoms with E-state index in [4.69, 9.17) is 9.84 Å². The second-order valence-electron chi connectivity index (χ2n) is 5.91. The summed E-state index contributed by atoms with van der Waals surface area (Å²) in [5, 5.41) is 17.9. The van der Waals surface area contributed by atoms with Crippen LogP contribution in [0.25, 0.3) is 0 Å². The predicted molar refractivity (Wildman–Crippen MR) is 102 cm³/mol. The van der Waals surface area contributed by atoms with E-state index in [1.165, 1.54) is 11.3 Å². The summed E-state index contributed by atoms with van der Waals surface area (Å²) in [5.41, 5.74) is 1.52. The molecule has 27 heavy (non-hydrogen) atoms. The van der Waals surface area contributed by atoms with Gasteiger partial charge in [-0.25, -0.2) is 4.79 Å². The van der Waals surface area contributed by atoms with Crippen molar-refractivity contribution in [3.05, 3.63) is 52.2 Å². The number of carboxylic acid groups (broad SMARTS) is 1. The molecule has 144 valence electrons. The normalized spacial score (nSPS) is 11.4. The van der Waals surface area contributed by atoms with Crippen molar-refractivity contribution in [3.63, 3.8) is 0 Å². The number of benzene rings is 1. The SMILES string of the molecule is CC(NC(=O)CCCNC(=O)c1ccsc1)c1ccc(OCC(=O)O)cc1. The second kappa shape index (κ2) is 10.3. The highest BCUT2D eigenvalue weighted by Crippen LogP contribution is 2.17. The summed E-state index contributed by atoms with van der Waals surface area (Å²) in [4.78, 5) is 34.3. The zero-order valence-corrected chi connectivity index (χ0v) is 15.8. The molecular weight excluding hydrogens is 368 g/mol. The maximum absolute atomic E-state index is 12.0. The Morgan fingerprint density at radius 1 is 1.19 bits per heavy atom. The molecule has 1 aromatic carbocycles. The van der Waals surface area contributed by atoms with Crippen molar-refractivity contribution in [2.24, 2.45) is 0 Å². The van der Waals surface area contributed by atoms with E-state index in [1.807, 2.05) is 12.3 Å². The summed E-state index contributed by atoms with van der Waals surface area (Å²) in [6.45, 7) is 1.91. The molecule has 2 aromatic rings. The number of hydrogen-bond donors (Lipinski definition) is 3. The van der Waals surface area contributed by atoms with Gasteiger partial charge in [-0.2, -0.15) is 11.3 Å². The maximum Gasteiger partial charge on any atom is 0.341 e. The van der Waals surface area contributed by atoms with Crippen LogP contribution >= 0.6 is 11.3 Å². The molecule has 3 N–H and O–H groups in total. The first kappa shape index (κ1) is 20.4. The van der Waals surface area contributed by atoms with E-state index in [9.17, 15) is 14.4 Å². The van der Waals surface area contributed by atoms with Gasteiger partial charge in [0.1, 0.15) is 5.75 Å². The second-order valence-corrected chi connectivity index (χ2v) is 6.69. The van der Waals surface area contributed by atoms with E-state index in [0.717, 1.165) is 5.56 Å². The summed E-state index contributed by atoms with van der Waals surface area (Å²) in [7, 11) is 0. The first-order chi connectivity index (χ1) is 13.0. The van der Waals surface area contributed by atoms with Crippen LogP contribution in [-0.2, 0) is 9.59 Å². The van der Waals surface area contributed by atoms with Crippen molar-refractivity contribution < 1.29 is 24.2 Å². The minimum absolute atomic E-state index is 0.0986. The lowest BCUT2D eigenvalue weighted by Gasteiger charge is -2.15. The van der Waals surface area contributed by atoms with E-state index < -0.39 is 12.6 Å². The highest BCUT2D eigenvalue weighted by molar-refractivity contribution is 7.08. The van der Waals surface area contributed by atoms with Gasteiger partial charge in [-0.3, -0.25) is 9.59 Å². The lowest BCUT2D eigenvalue weighted by molar-refractivity contribution is -0.139. The van der Waals surface area contributed by atoms with Crippen molar-refractivity contribution in [1.82, 2.24) is 10.6 Å². The monoisotopic (exact) mass is 390 g/mol.